The third kappa shape index (κ3) is 3.61. The molecular formula is C14H20N2O4S. The van der Waals surface area contributed by atoms with Crippen molar-refractivity contribution in [2.24, 2.45) is 0 Å². The number of nitrogens with one attached hydrogen (secondary N) is 1. The number of carbonyl (C=O) groups is 1. The minimum atomic E-state index is -3.56. The highest BCUT2D eigenvalue weighted by Crippen LogP contribution is 2.25. The highest BCUT2D eigenvalue weighted by molar-refractivity contribution is 7.89. The molecule has 0 aliphatic carbocycles. The van der Waals surface area contributed by atoms with Gasteiger partial charge in [0.25, 0.3) is 0 Å². The van der Waals surface area contributed by atoms with Crippen molar-refractivity contribution in [2.75, 3.05) is 13.2 Å². The van der Waals surface area contributed by atoms with Crippen molar-refractivity contribution >= 4 is 15.9 Å². The zero-order chi connectivity index (χ0) is 15.5. The highest BCUT2D eigenvalue weighted by Gasteiger charge is 2.34. The van der Waals surface area contributed by atoms with Gasteiger partial charge in [0.1, 0.15) is 0 Å². The van der Waals surface area contributed by atoms with E-state index in [1.54, 1.807) is 24.3 Å². The Labute approximate surface area is 124 Å². The fraction of sp³-hybridized carbons (Fsp3) is 0.500. The number of aliphatic hydroxyl groups is 1. The molecule has 1 aromatic carbocycles. The molecule has 1 atom stereocenters. The lowest BCUT2D eigenvalue weighted by Crippen LogP contribution is -2.37. The van der Waals surface area contributed by atoms with Crippen LogP contribution >= 0.6 is 0 Å². The van der Waals surface area contributed by atoms with Gasteiger partial charge >= 0.3 is 0 Å². The number of nitrogens with zero attached hydrogens (tertiary/aromatic N) is 1. The van der Waals surface area contributed by atoms with E-state index in [9.17, 15) is 18.3 Å². The molecule has 0 bridgehead atoms. The van der Waals surface area contributed by atoms with Crippen molar-refractivity contribution in [1.29, 1.82) is 0 Å². The first-order valence-electron chi connectivity index (χ1n) is 6.91. The van der Waals surface area contributed by atoms with Gasteiger partial charge in [0, 0.05) is 26.1 Å². The van der Waals surface area contributed by atoms with E-state index >= 15 is 0 Å². The maximum absolute atomic E-state index is 12.5. The zero-order valence-corrected chi connectivity index (χ0v) is 12.8. The largest absolute Gasteiger partial charge is 0.395 e. The lowest BCUT2D eigenvalue weighted by atomic mass is 10.2. The Hall–Kier alpha value is -1.44. The van der Waals surface area contributed by atoms with Crippen LogP contribution in [0.2, 0.25) is 0 Å². The second-order valence-electron chi connectivity index (χ2n) is 5.15. The average Bonchev–Trinajstić information content (AvgIpc) is 2.94. The summed E-state index contributed by atoms with van der Waals surface area (Å²) in [7, 11) is -3.56. The van der Waals surface area contributed by atoms with Crippen LogP contribution in [0.4, 0.5) is 0 Å². The molecule has 0 spiro atoms. The molecule has 7 heteroatoms. The van der Waals surface area contributed by atoms with Crippen LogP contribution in [-0.4, -0.2) is 42.9 Å². The Morgan fingerprint density at radius 1 is 1.38 bits per heavy atom. The van der Waals surface area contributed by atoms with E-state index in [-0.39, 0.29) is 23.5 Å². The van der Waals surface area contributed by atoms with E-state index in [1.807, 2.05) is 0 Å². The van der Waals surface area contributed by atoms with Gasteiger partial charge in [0.2, 0.25) is 15.9 Å². The number of hydrogen-bond acceptors (Lipinski definition) is 4. The third-order valence-corrected chi connectivity index (χ3v) is 5.57. The van der Waals surface area contributed by atoms with Gasteiger partial charge in [-0.05, 0) is 30.5 Å². The second kappa shape index (κ2) is 6.55. The van der Waals surface area contributed by atoms with Gasteiger partial charge in [-0.15, -0.1) is 0 Å². The summed E-state index contributed by atoms with van der Waals surface area (Å²) in [4.78, 5) is 11.1. The van der Waals surface area contributed by atoms with Crippen LogP contribution < -0.4 is 5.32 Å². The monoisotopic (exact) mass is 312 g/mol. The van der Waals surface area contributed by atoms with E-state index in [1.165, 1.54) is 11.2 Å². The molecule has 1 aliphatic heterocycles. The van der Waals surface area contributed by atoms with Crippen LogP contribution in [0.15, 0.2) is 29.2 Å². The first kappa shape index (κ1) is 15.9. The third-order valence-electron chi connectivity index (χ3n) is 3.61. The summed E-state index contributed by atoms with van der Waals surface area (Å²) in [5.74, 6) is -0.130. The minimum absolute atomic E-state index is 0.130. The summed E-state index contributed by atoms with van der Waals surface area (Å²) in [6, 6.07) is 6.13. The topological polar surface area (TPSA) is 86.7 Å². The summed E-state index contributed by atoms with van der Waals surface area (Å²) in [5.41, 5.74) is 0.837. The molecule has 116 valence electrons. The normalized spacial score (nSPS) is 19.6. The number of sulfonamides is 1. The summed E-state index contributed by atoms with van der Waals surface area (Å²) >= 11 is 0. The number of carbonyl (C=O) groups excluding carboxylic acids is 1. The van der Waals surface area contributed by atoms with Gasteiger partial charge in [0.15, 0.2) is 0 Å². The molecule has 1 aromatic rings. The van der Waals surface area contributed by atoms with Crippen molar-refractivity contribution in [1.82, 2.24) is 9.62 Å². The number of rotatable bonds is 5. The van der Waals surface area contributed by atoms with Crippen molar-refractivity contribution < 1.29 is 18.3 Å². The molecule has 0 saturated carbocycles. The van der Waals surface area contributed by atoms with Crippen LogP contribution in [0.3, 0.4) is 0 Å². The van der Waals surface area contributed by atoms with Crippen molar-refractivity contribution in [3.8, 4) is 0 Å². The van der Waals surface area contributed by atoms with E-state index in [2.05, 4.69) is 5.32 Å². The summed E-state index contributed by atoms with van der Waals surface area (Å²) in [6.07, 6.45) is 1.46. The second-order valence-corrected chi connectivity index (χ2v) is 7.04. The molecule has 6 nitrogen and oxygen atoms in total. The van der Waals surface area contributed by atoms with Gasteiger partial charge in [-0.2, -0.15) is 4.31 Å². The predicted octanol–water partition coefficient (Wildman–Crippen LogP) is 0.468. The Morgan fingerprint density at radius 2 is 2.05 bits per heavy atom. The first-order valence-corrected chi connectivity index (χ1v) is 8.35. The molecular weight excluding hydrogens is 292 g/mol. The smallest absolute Gasteiger partial charge is 0.243 e. The lowest BCUT2D eigenvalue weighted by Gasteiger charge is -2.22. The molecule has 0 aromatic heterocycles. The quantitative estimate of drug-likeness (QED) is 0.827. The molecule has 2 N–H and O–H groups in total. The molecule has 1 fully saturated rings. The minimum Gasteiger partial charge on any atom is -0.395 e. The van der Waals surface area contributed by atoms with Gasteiger partial charge in [-0.25, -0.2) is 8.42 Å². The molecule has 0 radical (unpaired) electrons. The zero-order valence-electron chi connectivity index (χ0n) is 11.9. The summed E-state index contributed by atoms with van der Waals surface area (Å²) in [6.45, 7) is 2.10. The van der Waals surface area contributed by atoms with Crippen LogP contribution in [0.5, 0.6) is 0 Å². The van der Waals surface area contributed by atoms with Crippen LogP contribution in [0.1, 0.15) is 25.3 Å². The van der Waals surface area contributed by atoms with Gasteiger partial charge in [-0.1, -0.05) is 12.1 Å². The van der Waals surface area contributed by atoms with Gasteiger partial charge < -0.3 is 10.4 Å². The average molecular weight is 312 g/mol. The Balaban J connectivity index is 2.15. The Kier molecular flexibility index (Phi) is 4.97. The number of hydrogen-bond donors (Lipinski definition) is 2. The molecule has 0 unspecified atom stereocenters. The molecule has 1 amide bonds. The van der Waals surface area contributed by atoms with Crippen molar-refractivity contribution in [3.63, 3.8) is 0 Å². The van der Waals surface area contributed by atoms with E-state index in [0.29, 0.717) is 19.5 Å². The number of benzene rings is 1. The SMILES string of the molecule is CC(=O)NCc1ccc(S(=O)(=O)N2CCC[C@@H]2CO)cc1. The van der Waals surface area contributed by atoms with Crippen LogP contribution in [0, 0.1) is 0 Å². The molecule has 2 rings (SSSR count). The fourth-order valence-corrected chi connectivity index (χ4v) is 4.13. The van der Waals surface area contributed by atoms with Gasteiger partial charge in [0.05, 0.1) is 11.5 Å². The lowest BCUT2D eigenvalue weighted by molar-refractivity contribution is -0.119. The predicted molar refractivity (Wildman–Crippen MR) is 78.0 cm³/mol. The first-order chi connectivity index (χ1) is 9.95. The summed E-state index contributed by atoms with van der Waals surface area (Å²) in [5, 5.41) is 11.9. The van der Waals surface area contributed by atoms with E-state index in [0.717, 1.165) is 12.0 Å². The maximum Gasteiger partial charge on any atom is 0.243 e. The van der Waals surface area contributed by atoms with E-state index in [4.69, 9.17) is 0 Å². The number of amides is 1. The van der Waals surface area contributed by atoms with Gasteiger partial charge in [-0.3, -0.25) is 4.79 Å². The van der Waals surface area contributed by atoms with Crippen molar-refractivity contribution in [3.05, 3.63) is 29.8 Å². The Bertz CT molecular complexity index is 598. The van der Waals surface area contributed by atoms with Crippen molar-refractivity contribution in [2.45, 2.75) is 37.2 Å². The van der Waals surface area contributed by atoms with Crippen LogP contribution in [-0.2, 0) is 21.4 Å². The Morgan fingerprint density at radius 3 is 2.62 bits per heavy atom. The molecule has 21 heavy (non-hydrogen) atoms. The molecule has 1 aliphatic rings. The highest BCUT2D eigenvalue weighted by atomic mass is 32.2. The standard InChI is InChI=1S/C14H20N2O4S/c1-11(18)15-9-12-4-6-14(7-5-12)21(19,20)16-8-2-3-13(16)10-17/h4-7,13,17H,2-3,8-10H2,1H3,(H,15,18)/t13-/m1/s1. The molecule has 1 saturated heterocycles. The van der Waals surface area contributed by atoms with Crippen LogP contribution in [0.25, 0.3) is 0 Å². The summed E-state index contributed by atoms with van der Waals surface area (Å²) < 4.78 is 26.4. The number of aliphatic hydroxyl groups excluding tert-OH is 1. The van der Waals surface area contributed by atoms with E-state index < -0.39 is 10.0 Å². The molecule has 1 heterocycles. The maximum atomic E-state index is 12.5. The fourth-order valence-electron chi connectivity index (χ4n) is 2.45.